The van der Waals surface area contributed by atoms with Crippen LogP contribution in [0.3, 0.4) is 0 Å². The van der Waals surface area contributed by atoms with Gasteiger partial charge < -0.3 is 14.4 Å². The van der Waals surface area contributed by atoms with E-state index in [1.54, 1.807) is 43.5 Å². The van der Waals surface area contributed by atoms with Crippen molar-refractivity contribution in [1.29, 1.82) is 0 Å². The molecule has 1 fully saturated rings. The molecule has 0 aliphatic carbocycles. The minimum Gasteiger partial charge on any atom is -0.494 e. The second-order valence-corrected chi connectivity index (χ2v) is 8.83. The highest BCUT2D eigenvalue weighted by Crippen LogP contribution is 2.36. The highest BCUT2D eigenvalue weighted by Gasteiger charge is 2.31. The van der Waals surface area contributed by atoms with Gasteiger partial charge in [0.25, 0.3) is 5.91 Å². The molecule has 1 aliphatic rings. The Kier molecular flexibility index (Phi) is 6.78. The number of halogens is 1. The maximum absolute atomic E-state index is 14.5. The summed E-state index contributed by atoms with van der Waals surface area (Å²) in [6.45, 7) is 4.27. The Morgan fingerprint density at radius 3 is 2.68 bits per heavy atom. The molecule has 1 saturated heterocycles. The molecule has 0 N–H and O–H groups in total. The second kappa shape index (κ2) is 10.3. The van der Waals surface area contributed by atoms with E-state index in [1.165, 1.54) is 7.11 Å². The largest absolute Gasteiger partial charge is 0.494 e. The van der Waals surface area contributed by atoms with Crippen molar-refractivity contribution in [3.63, 3.8) is 0 Å². The number of benzene rings is 2. The van der Waals surface area contributed by atoms with Crippen molar-refractivity contribution >= 4 is 11.4 Å². The summed E-state index contributed by atoms with van der Waals surface area (Å²) in [7, 11) is 1.41. The number of rotatable bonds is 5. The molecule has 0 saturated carbocycles. The quantitative estimate of drug-likeness (QED) is 0.329. The summed E-state index contributed by atoms with van der Waals surface area (Å²) in [5.74, 6) is 6.16. The van der Waals surface area contributed by atoms with Crippen molar-refractivity contribution in [1.82, 2.24) is 19.3 Å². The lowest BCUT2D eigenvalue weighted by Crippen LogP contribution is -2.38. The summed E-state index contributed by atoms with van der Waals surface area (Å²) in [5, 5.41) is 0. The summed E-state index contributed by atoms with van der Waals surface area (Å²) in [6, 6.07) is 11.9. The Hall–Kier alpha value is -4.38. The molecule has 1 unspecified atom stereocenters. The van der Waals surface area contributed by atoms with Crippen LogP contribution in [0.15, 0.2) is 54.9 Å². The predicted octanol–water partition coefficient (Wildman–Crippen LogP) is 5.72. The highest BCUT2D eigenvalue weighted by molar-refractivity contribution is 5.93. The van der Waals surface area contributed by atoms with Crippen LogP contribution < -0.4 is 9.47 Å². The van der Waals surface area contributed by atoms with Crippen LogP contribution in [0.2, 0.25) is 0 Å². The molecular formula is C29H27FN4O3. The third-order valence-corrected chi connectivity index (χ3v) is 6.56. The number of aryl methyl sites for hydroxylation is 1. The Morgan fingerprint density at radius 2 is 1.92 bits per heavy atom. The first-order chi connectivity index (χ1) is 18.0. The van der Waals surface area contributed by atoms with Gasteiger partial charge in [-0.2, -0.15) is 4.39 Å². The smallest absolute Gasteiger partial charge is 0.299 e. The van der Waals surface area contributed by atoms with Gasteiger partial charge >= 0.3 is 0 Å². The van der Waals surface area contributed by atoms with Crippen molar-refractivity contribution in [2.45, 2.75) is 39.2 Å². The number of hydrogen-bond donors (Lipinski definition) is 0. The number of ether oxygens (including phenoxy) is 2. The summed E-state index contributed by atoms with van der Waals surface area (Å²) in [4.78, 5) is 24.1. The minimum atomic E-state index is -0.556. The van der Waals surface area contributed by atoms with E-state index in [0.29, 0.717) is 12.3 Å². The Bertz CT molecular complexity index is 1520. The number of imidazole rings is 1. The lowest BCUT2D eigenvalue weighted by Gasteiger charge is -2.33. The summed E-state index contributed by atoms with van der Waals surface area (Å²) >= 11 is 0. The number of piperidine rings is 1. The number of hydrogen-bond acceptors (Lipinski definition) is 5. The van der Waals surface area contributed by atoms with E-state index < -0.39 is 5.82 Å². The van der Waals surface area contributed by atoms with E-state index in [0.717, 1.165) is 47.6 Å². The molecule has 4 aromatic rings. The topological polar surface area (TPSA) is 69.0 Å². The predicted molar refractivity (Wildman–Crippen MR) is 138 cm³/mol. The number of nitrogens with zero attached hydrogens (tertiary/aromatic N) is 4. The number of amides is 1. The van der Waals surface area contributed by atoms with Crippen LogP contribution >= 0.6 is 0 Å². The molecule has 2 aromatic heterocycles. The lowest BCUT2D eigenvalue weighted by molar-refractivity contribution is -0.129. The number of methoxy groups -OCH3 is 1. The van der Waals surface area contributed by atoms with Gasteiger partial charge in [-0.15, -0.1) is 0 Å². The maximum atomic E-state index is 14.5. The van der Waals surface area contributed by atoms with Crippen LogP contribution in [-0.4, -0.2) is 38.8 Å². The van der Waals surface area contributed by atoms with Crippen LogP contribution in [0, 0.1) is 24.6 Å². The molecule has 1 atom stereocenters. The standard InChI is InChI=1S/C29H27FN4O3/c1-4-8-25(35)33-17-6-5-9-22(33)29-32-27(28-19(2)31-16-18-34(28)29)20-12-14-21(15-13-20)37-24-11-7-10-23(36-3)26(24)30/h7,10-16,18,22H,5-6,9,17H2,1-3H3. The lowest BCUT2D eigenvalue weighted by atomic mass is 10.0. The zero-order valence-corrected chi connectivity index (χ0v) is 21.0. The van der Waals surface area contributed by atoms with E-state index in [9.17, 15) is 9.18 Å². The zero-order chi connectivity index (χ0) is 25.9. The van der Waals surface area contributed by atoms with E-state index in [-0.39, 0.29) is 23.4 Å². The van der Waals surface area contributed by atoms with Crippen LogP contribution in [-0.2, 0) is 4.79 Å². The van der Waals surface area contributed by atoms with Gasteiger partial charge in [-0.25, -0.2) is 4.98 Å². The van der Waals surface area contributed by atoms with E-state index in [2.05, 4.69) is 16.8 Å². The molecule has 7 nitrogen and oxygen atoms in total. The van der Waals surface area contributed by atoms with Gasteiger partial charge in [0.05, 0.1) is 30.1 Å². The fourth-order valence-electron chi connectivity index (χ4n) is 4.81. The van der Waals surface area contributed by atoms with Gasteiger partial charge in [0.1, 0.15) is 11.6 Å². The maximum Gasteiger partial charge on any atom is 0.299 e. The fourth-order valence-corrected chi connectivity index (χ4v) is 4.81. The van der Waals surface area contributed by atoms with Crippen molar-refractivity contribution in [3.8, 4) is 40.3 Å². The summed E-state index contributed by atoms with van der Waals surface area (Å²) in [6.07, 6.45) is 6.41. The monoisotopic (exact) mass is 498 g/mol. The van der Waals surface area contributed by atoms with E-state index in [4.69, 9.17) is 14.5 Å². The van der Waals surface area contributed by atoms with E-state index >= 15 is 0 Å². The van der Waals surface area contributed by atoms with Gasteiger partial charge in [-0.3, -0.25) is 14.2 Å². The van der Waals surface area contributed by atoms with Gasteiger partial charge in [-0.1, -0.05) is 12.0 Å². The van der Waals surface area contributed by atoms with Gasteiger partial charge in [-0.05, 0) is 75.4 Å². The van der Waals surface area contributed by atoms with Crippen molar-refractivity contribution in [2.75, 3.05) is 13.7 Å². The molecule has 0 radical (unpaired) electrons. The third kappa shape index (κ3) is 4.60. The van der Waals surface area contributed by atoms with Gasteiger partial charge in [0.15, 0.2) is 11.5 Å². The highest BCUT2D eigenvalue weighted by atomic mass is 19.1. The first-order valence-corrected chi connectivity index (χ1v) is 12.2. The second-order valence-electron chi connectivity index (χ2n) is 8.83. The Labute approximate surface area is 214 Å². The van der Waals surface area contributed by atoms with Crippen LogP contribution in [0.5, 0.6) is 17.2 Å². The number of fused-ring (bicyclic) bond motifs is 1. The molecule has 1 amide bonds. The van der Waals surface area contributed by atoms with Crippen LogP contribution in [0.25, 0.3) is 16.8 Å². The number of carbonyl (C=O) groups excluding carboxylic acids is 1. The molecule has 188 valence electrons. The molecule has 5 rings (SSSR count). The molecule has 0 bridgehead atoms. The molecule has 2 aromatic carbocycles. The fraction of sp³-hybridized carbons (Fsp3) is 0.276. The minimum absolute atomic E-state index is 0.0825. The molecule has 3 heterocycles. The average molecular weight is 499 g/mol. The number of aromatic nitrogens is 3. The third-order valence-electron chi connectivity index (χ3n) is 6.56. The SMILES string of the molecule is CC#CC(=O)N1CCCCC1c1nc(-c2ccc(Oc3cccc(OC)c3F)cc2)c2c(C)nccn12. The van der Waals surface area contributed by atoms with Crippen LogP contribution in [0.1, 0.15) is 43.7 Å². The summed E-state index contributed by atoms with van der Waals surface area (Å²) in [5.41, 5.74) is 3.33. The molecule has 8 heteroatoms. The zero-order valence-electron chi connectivity index (χ0n) is 21.0. The molecule has 37 heavy (non-hydrogen) atoms. The number of carbonyl (C=O) groups is 1. The van der Waals surface area contributed by atoms with Crippen LogP contribution in [0.4, 0.5) is 4.39 Å². The first kappa shape index (κ1) is 24.3. The normalized spacial score (nSPS) is 15.2. The first-order valence-electron chi connectivity index (χ1n) is 12.2. The van der Waals surface area contributed by atoms with E-state index in [1.807, 2.05) is 34.6 Å². The van der Waals surface area contributed by atoms with Crippen molar-refractivity contribution < 1.29 is 18.7 Å². The molecular weight excluding hydrogens is 471 g/mol. The number of likely N-dealkylation sites (tertiary alicyclic amines) is 1. The molecule has 1 aliphatic heterocycles. The summed E-state index contributed by atoms with van der Waals surface area (Å²) < 4.78 is 27.4. The molecule has 0 spiro atoms. The average Bonchev–Trinajstić information content (AvgIpc) is 3.31. The Morgan fingerprint density at radius 1 is 1.14 bits per heavy atom. The van der Waals surface area contributed by atoms with Crippen molar-refractivity contribution in [3.05, 3.63) is 72.2 Å². The van der Waals surface area contributed by atoms with Gasteiger partial charge in [0, 0.05) is 24.5 Å². The Balaban J connectivity index is 1.52. The van der Waals surface area contributed by atoms with Crippen molar-refractivity contribution in [2.24, 2.45) is 0 Å². The van der Waals surface area contributed by atoms with Gasteiger partial charge in [0.2, 0.25) is 5.82 Å².